The molecular weight excluding hydrogens is 320 g/mol. The lowest BCUT2D eigenvalue weighted by molar-refractivity contribution is -0.140. The second-order valence-electron chi connectivity index (χ2n) is 6.44. The van der Waals surface area contributed by atoms with Gasteiger partial charge in [0.1, 0.15) is 5.76 Å². The average Bonchev–Trinajstić information content (AvgIpc) is 3.11. The van der Waals surface area contributed by atoms with Crippen LogP contribution in [0.5, 0.6) is 0 Å². The van der Waals surface area contributed by atoms with E-state index >= 15 is 0 Å². The highest BCUT2D eigenvalue weighted by atomic mass is 16.4. The van der Waals surface area contributed by atoms with Crippen LogP contribution in [0, 0.1) is 0 Å². The second kappa shape index (κ2) is 6.72. The summed E-state index contributed by atoms with van der Waals surface area (Å²) in [4.78, 5) is 25.5. The maximum Gasteiger partial charge on any atom is 0.289 e. The van der Waals surface area contributed by atoms with Gasteiger partial charge in [-0.05, 0) is 37.0 Å². The van der Waals surface area contributed by atoms with Gasteiger partial charge in [-0.2, -0.15) is 0 Å². The Kier molecular flexibility index (Phi) is 4.63. The van der Waals surface area contributed by atoms with Gasteiger partial charge in [0.25, 0.3) is 11.8 Å². The maximum atomic E-state index is 12.6. The number of amides is 2. The molecular formula is C19H22N2O4. The van der Waals surface area contributed by atoms with Crippen LogP contribution in [-0.4, -0.2) is 40.5 Å². The van der Waals surface area contributed by atoms with E-state index in [1.165, 1.54) is 10.5 Å². The summed E-state index contributed by atoms with van der Waals surface area (Å²) in [6.07, 6.45) is 1.73. The van der Waals surface area contributed by atoms with Crippen LogP contribution < -0.4 is 5.73 Å². The van der Waals surface area contributed by atoms with E-state index < -0.39 is 11.5 Å². The normalized spacial score (nSPS) is 20.5. The smallest absolute Gasteiger partial charge is 0.289 e. The zero-order valence-corrected chi connectivity index (χ0v) is 14.2. The molecule has 0 spiro atoms. The summed E-state index contributed by atoms with van der Waals surface area (Å²) in [5.74, 6) is -0.367. The minimum absolute atomic E-state index is 0.109. The van der Waals surface area contributed by atoms with Gasteiger partial charge in [0, 0.05) is 12.1 Å². The van der Waals surface area contributed by atoms with Crippen LogP contribution in [0.1, 0.15) is 35.9 Å². The van der Waals surface area contributed by atoms with Crippen molar-refractivity contribution in [3.05, 3.63) is 47.7 Å². The number of rotatable bonds is 4. The van der Waals surface area contributed by atoms with Crippen molar-refractivity contribution in [2.45, 2.75) is 31.8 Å². The van der Waals surface area contributed by atoms with Crippen LogP contribution in [0.3, 0.4) is 0 Å². The minimum atomic E-state index is -1.67. The summed E-state index contributed by atoms with van der Waals surface area (Å²) in [6, 6.07) is 11.3. The fourth-order valence-electron chi connectivity index (χ4n) is 3.08. The first kappa shape index (κ1) is 17.2. The lowest BCUT2D eigenvalue weighted by Crippen LogP contribution is -2.57. The van der Waals surface area contributed by atoms with Gasteiger partial charge in [-0.15, -0.1) is 0 Å². The van der Waals surface area contributed by atoms with E-state index in [1.807, 2.05) is 24.3 Å². The first-order valence-corrected chi connectivity index (χ1v) is 8.43. The van der Waals surface area contributed by atoms with E-state index in [9.17, 15) is 14.7 Å². The minimum Gasteiger partial charge on any atom is -0.451 e. The third kappa shape index (κ3) is 3.44. The van der Waals surface area contributed by atoms with Crippen LogP contribution in [0.2, 0.25) is 0 Å². The highest BCUT2D eigenvalue weighted by molar-refractivity contribution is 5.93. The van der Waals surface area contributed by atoms with E-state index in [0.29, 0.717) is 18.7 Å². The van der Waals surface area contributed by atoms with Crippen molar-refractivity contribution >= 4 is 11.8 Å². The zero-order chi connectivity index (χ0) is 18.0. The molecule has 2 aromatic rings. The van der Waals surface area contributed by atoms with Crippen LogP contribution in [-0.2, 0) is 11.2 Å². The highest BCUT2D eigenvalue weighted by Crippen LogP contribution is 2.26. The number of β-amino-alcohol motifs (C(OH)–C–C–N with tert-alkyl or cyclic N) is 1. The molecule has 1 atom stereocenters. The standard InChI is InChI=1S/C19H22N2O4/c1-2-13-4-6-14(7-5-13)15-8-9-16(25-15)17(22)21-11-3-10-19(24,12-21)18(20)23/h4-9,24H,2-3,10-12H2,1H3,(H2,20,23). The first-order chi connectivity index (χ1) is 11.9. The molecule has 1 aromatic carbocycles. The molecule has 25 heavy (non-hydrogen) atoms. The molecule has 1 aromatic heterocycles. The SMILES string of the molecule is CCc1ccc(-c2ccc(C(=O)N3CCCC(O)(C(N)=O)C3)o2)cc1. The van der Waals surface area contributed by atoms with E-state index in [0.717, 1.165) is 12.0 Å². The molecule has 1 unspecified atom stereocenters. The Labute approximate surface area is 146 Å². The van der Waals surface area contributed by atoms with Crippen LogP contribution >= 0.6 is 0 Å². The Morgan fingerprint density at radius 3 is 2.60 bits per heavy atom. The molecule has 6 heteroatoms. The number of likely N-dealkylation sites (tertiary alicyclic amines) is 1. The number of primary amides is 1. The molecule has 0 radical (unpaired) electrons. The van der Waals surface area contributed by atoms with Crippen molar-refractivity contribution in [2.24, 2.45) is 5.73 Å². The van der Waals surface area contributed by atoms with E-state index in [-0.39, 0.29) is 24.6 Å². The molecule has 132 valence electrons. The molecule has 1 fully saturated rings. The Balaban J connectivity index is 1.77. The lowest BCUT2D eigenvalue weighted by Gasteiger charge is -2.36. The predicted molar refractivity (Wildman–Crippen MR) is 92.8 cm³/mol. The van der Waals surface area contributed by atoms with Crippen molar-refractivity contribution in [1.29, 1.82) is 0 Å². The Morgan fingerprint density at radius 2 is 1.96 bits per heavy atom. The summed E-state index contributed by atoms with van der Waals surface area (Å²) in [6.45, 7) is 2.43. The fourth-order valence-corrected chi connectivity index (χ4v) is 3.08. The molecule has 0 bridgehead atoms. The predicted octanol–water partition coefficient (Wildman–Crippen LogP) is 1.96. The molecule has 3 N–H and O–H groups in total. The molecule has 0 aliphatic carbocycles. The number of carbonyl (C=O) groups excluding carboxylic acids is 2. The van der Waals surface area contributed by atoms with Gasteiger partial charge in [-0.25, -0.2) is 0 Å². The molecule has 2 amide bonds. The van der Waals surface area contributed by atoms with E-state index in [1.54, 1.807) is 12.1 Å². The molecule has 1 aliphatic heterocycles. The largest absolute Gasteiger partial charge is 0.451 e. The molecule has 2 heterocycles. The average molecular weight is 342 g/mol. The Morgan fingerprint density at radius 1 is 1.24 bits per heavy atom. The third-order valence-corrected chi connectivity index (χ3v) is 4.68. The molecule has 1 aliphatic rings. The number of hydrogen-bond donors (Lipinski definition) is 2. The van der Waals surface area contributed by atoms with Crippen molar-refractivity contribution in [1.82, 2.24) is 4.90 Å². The summed E-state index contributed by atoms with van der Waals surface area (Å²) >= 11 is 0. The number of aliphatic hydroxyl groups is 1. The number of nitrogens with two attached hydrogens (primary N) is 1. The fraction of sp³-hybridized carbons (Fsp3) is 0.368. The summed E-state index contributed by atoms with van der Waals surface area (Å²) in [5.41, 5.74) is 5.71. The zero-order valence-electron chi connectivity index (χ0n) is 14.2. The second-order valence-corrected chi connectivity index (χ2v) is 6.44. The van der Waals surface area contributed by atoms with Crippen LogP contribution in [0.4, 0.5) is 0 Å². The van der Waals surface area contributed by atoms with Gasteiger partial charge < -0.3 is 20.2 Å². The number of carbonyl (C=O) groups is 2. The molecule has 3 rings (SSSR count). The molecule has 6 nitrogen and oxygen atoms in total. The Hall–Kier alpha value is -2.60. The van der Waals surface area contributed by atoms with Gasteiger partial charge >= 0.3 is 0 Å². The third-order valence-electron chi connectivity index (χ3n) is 4.68. The van der Waals surface area contributed by atoms with Crippen LogP contribution in [0.25, 0.3) is 11.3 Å². The van der Waals surface area contributed by atoms with E-state index in [2.05, 4.69) is 6.92 Å². The van der Waals surface area contributed by atoms with Crippen molar-refractivity contribution in [3.63, 3.8) is 0 Å². The quantitative estimate of drug-likeness (QED) is 0.887. The summed E-state index contributed by atoms with van der Waals surface area (Å²) in [5, 5.41) is 10.2. The number of benzene rings is 1. The van der Waals surface area contributed by atoms with Crippen molar-refractivity contribution in [2.75, 3.05) is 13.1 Å². The van der Waals surface area contributed by atoms with Gasteiger partial charge in [0.05, 0.1) is 6.54 Å². The van der Waals surface area contributed by atoms with Crippen LogP contribution in [0.15, 0.2) is 40.8 Å². The maximum absolute atomic E-state index is 12.6. The number of nitrogens with zero attached hydrogens (tertiary/aromatic N) is 1. The Bertz CT molecular complexity index is 781. The van der Waals surface area contributed by atoms with E-state index in [4.69, 9.17) is 10.2 Å². The van der Waals surface area contributed by atoms with Crippen molar-refractivity contribution in [3.8, 4) is 11.3 Å². The first-order valence-electron chi connectivity index (χ1n) is 8.43. The highest BCUT2D eigenvalue weighted by Gasteiger charge is 2.40. The lowest BCUT2D eigenvalue weighted by atomic mass is 9.92. The van der Waals surface area contributed by atoms with Gasteiger partial charge in [-0.3, -0.25) is 9.59 Å². The van der Waals surface area contributed by atoms with Gasteiger partial charge in [0.15, 0.2) is 11.4 Å². The summed E-state index contributed by atoms with van der Waals surface area (Å²) in [7, 11) is 0. The number of piperidine rings is 1. The van der Waals surface area contributed by atoms with Crippen molar-refractivity contribution < 1.29 is 19.1 Å². The number of aryl methyl sites for hydroxylation is 1. The molecule has 0 saturated carbocycles. The van der Waals surface area contributed by atoms with Gasteiger partial charge in [-0.1, -0.05) is 31.2 Å². The molecule has 1 saturated heterocycles. The summed E-state index contributed by atoms with van der Waals surface area (Å²) < 4.78 is 5.70. The monoisotopic (exact) mass is 342 g/mol. The number of hydrogen-bond acceptors (Lipinski definition) is 4. The number of furan rings is 1. The topological polar surface area (TPSA) is 96.8 Å². The van der Waals surface area contributed by atoms with Gasteiger partial charge in [0.2, 0.25) is 0 Å².